The summed E-state index contributed by atoms with van der Waals surface area (Å²) in [6.07, 6.45) is 71.4. The van der Waals surface area contributed by atoms with Crippen molar-refractivity contribution in [2.75, 3.05) is 13.2 Å². The Labute approximate surface area is 435 Å². The lowest BCUT2D eigenvalue weighted by atomic mass is 10.1. The number of carbonyl (C=O) groups excluding carboxylic acids is 3. The first kappa shape index (κ1) is 67.6. The van der Waals surface area contributed by atoms with E-state index in [0.717, 1.165) is 64.2 Å². The predicted octanol–water partition coefficient (Wildman–Crippen LogP) is 20.8. The van der Waals surface area contributed by atoms with E-state index in [0.29, 0.717) is 19.3 Å². The molecule has 0 aromatic carbocycles. The van der Waals surface area contributed by atoms with Crippen molar-refractivity contribution in [3.05, 3.63) is 36.5 Å². The minimum Gasteiger partial charge on any atom is -0.462 e. The molecule has 6 heteroatoms. The van der Waals surface area contributed by atoms with Crippen molar-refractivity contribution in [3.8, 4) is 0 Å². The summed E-state index contributed by atoms with van der Waals surface area (Å²) in [6.45, 7) is 6.67. The second-order valence-electron chi connectivity index (χ2n) is 21.0. The molecule has 0 aliphatic heterocycles. The number of allylic oxidation sites excluding steroid dienone is 6. The van der Waals surface area contributed by atoms with Crippen LogP contribution in [0.15, 0.2) is 36.5 Å². The second-order valence-corrected chi connectivity index (χ2v) is 21.0. The fourth-order valence-corrected chi connectivity index (χ4v) is 9.13. The van der Waals surface area contributed by atoms with Gasteiger partial charge in [-0.05, 0) is 96.3 Å². The SMILES string of the molecule is CCCCCCCC/C=C\CCCCCCCCCC(=O)O[C@H](COC(=O)CCCCCCC/C=C\CCCCCCCCC)COC(=O)CCCCCCCCC/C=C\CCCCCCCCCC. The molecule has 1 atom stereocenters. The molecule has 0 spiro atoms. The Morgan fingerprint density at radius 2 is 0.471 bits per heavy atom. The summed E-state index contributed by atoms with van der Waals surface area (Å²) in [5.41, 5.74) is 0. The summed E-state index contributed by atoms with van der Waals surface area (Å²) >= 11 is 0. The molecule has 0 fully saturated rings. The zero-order chi connectivity index (χ0) is 50.7. The van der Waals surface area contributed by atoms with Crippen LogP contribution in [0.4, 0.5) is 0 Å². The van der Waals surface area contributed by atoms with Crippen molar-refractivity contribution in [1.82, 2.24) is 0 Å². The molecule has 0 heterocycles. The first-order valence-corrected chi connectivity index (χ1v) is 31.0. The van der Waals surface area contributed by atoms with Gasteiger partial charge in [-0.1, -0.05) is 256 Å². The molecule has 0 saturated carbocycles. The molecule has 0 unspecified atom stereocenters. The van der Waals surface area contributed by atoms with Gasteiger partial charge in [-0.3, -0.25) is 14.4 Å². The van der Waals surface area contributed by atoms with Gasteiger partial charge in [0.05, 0.1) is 0 Å². The van der Waals surface area contributed by atoms with Gasteiger partial charge in [0.2, 0.25) is 0 Å². The normalized spacial score (nSPS) is 12.2. The van der Waals surface area contributed by atoms with Gasteiger partial charge in [0.25, 0.3) is 0 Å². The summed E-state index contributed by atoms with van der Waals surface area (Å²) in [4.78, 5) is 38.3. The molecular formula is C64H118O6. The van der Waals surface area contributed by atoms with Crippen molar-refractivity contribution in [2.24, 2.45) is 0 Å². The van der Waals surface area contributed by atoms with E-state index in [1.54, 1.807) is 0 Å². The zero-order valence-electron chi connectivity index (χ0n) is 47.1. The molecule has 0 N–H and O–H groups in total. The highest BCUT2D eigenvalue weighted by Crippen LogP contribution is 2.16. The summed E-state index contributed by atoms with van der Waals surface area (Å²) in [7, 11) is 0. The third kappa shape index (κ3) is 56.5. The largest absolute Gasteiger partial charge is 0.462 e. The van der Waals surface area contributed by atoms with Crippen molar-refractivity contribution in [1.29, 1.82) is 0 Å². The van der Waals surface area contributed by atoms with Crippen molar-refractivity contribution in [2.45, 2.75) is 341 Å². The zero-order valence-corrected chi connectivity index (χ0v) is 47.1. The smallest absolute Gasteiger partial charge is 0.306 e. The maximum Gasteiger partial charge on any atom is 0.306 e. The average molecular weight is 984 g/mol. The van der Waals surface area contributed by atoms with Crippen LogP contribution in [0, 0.1) is 0 Å². The van der Waals surface area contributed by atoms with Gasteiger partial charge < -0.3 is 14.2 Å². The Kier molecular flexibility index (Phi) is 57.2. The highest BCUT2D eigenvalue weighted by Gasteiger charge is 2.19. The lowest BCUT2D eigenvalue weighted by molar-refractivity contribution is -0.167. The van der Waals surface area contributed by atoms with E-state index in [9.17, 15) is 14.4 Å². The van der Waals surface area contributed by atoms with Crippen LogP contribution in [-0.4, -0.2) is 37.2 Å². The molecule has 0 saturated heterocycles. The number of hydrogen-bond donors (Lipinski definition) is 0. The Morgan fingerprint density at radius 1 is 0.271 bits per heavy atom. The summed E-state index contributed by atoms with van der Waals surface area (Å²) in [6, 6.07) is 0. The van der Waals surface area contributed by atoms with E-state index in [4.69, 9.17) is 14.2 Å². The van der Waals surface area contributed by atoms with Gasteiger partial charge in [0.1, 0.15) is 13.2 Å². The molecule has 0 radical (unpaired) electrons. The third-order valence-corrected chi connectivity index (χ3v) is 13.8. The minimum atomic E-state index is -0.779. The second kappa shape index (κ2) is 59.2. The van der Waals surface area contributed by atoms with Crippen LogP contribution in [-0.2, 0) is 28.6 Å². The molecule has 0 aliphatic carbocycles. The number of esters is 3. The van der Waals surface area contributed by atoms with Crippen LogP contribution < -0.4 is 0 Å². The Balaban J connectivity index is 4.36. The molecule has 0 amide bonds. The molecule has 0 rings (SSSR count). The molecule has 6 nitrogen and oxygen atoms in total. The van der Waals surface area contributed by atoms with E-state index in [-0.39, 0.29) is 31.1 Å². The maximum atomic E-state index is 12.9. The first-order valence-electron chi connectivity index (χ1n) is 31.0. The number of unbranched alkanes of at least 4 members (excludes halogenated alkanes) is 40. The third-order valence-electron chi connectivity index (χ3n) is 13.8. The predicted molar refractivity (Wildman–Crippen MR) is 302 cm³/mol. The fraction of sp³-hybridized carbons (Fsp3) is 0.859. The Bertz CT molecular complexity index is 1170. The number of hydrogen-bond acceptors (Lipinski definition) is 6. The first-order chi connectivity index (χ1) is 34.5. The van der Waals surface area contributed by atoms with Crippen LogP contribution in [0.5, 0.6) is 0 Å². The van der Waals surface area contributed by atoms with E-state index < -0.39 is 6.10 Å². The average Bonchev–Trinajstić information content (AvgIpc) is 3.36. The van der Waals surface area contributed by atoms with Crippen LogP contribution in [0.3, 0.4) is 0 Å². The van der Waals surface area contributed by atoms with Crippen molar-refractivity contribution < 1.29 is 28.6 Å². The number of rotatable bonds is 57. The standard InChI is InChI=1S/C64H118O6/c1-4-7-10-13-16-19-22-25-28-31-32-34-36-39-42-45-48-51-54-57-63(66)69-60-61(59-68-62(65)56-53-50-47-44-41-38-35-30-27-24-21-18-15-12-9-6-3)70-64(67)58-55-52-49-46-43-40-37-33-29-26-23-20-17-14-11-8-5-2/h26,29-32,35,61H,4-25,27-28,33-34,36-60H2,1-3H3/b29-26-,32-31-,35-30-/t61-/m1/s1. The fourth-order valence-electron chi connectivity index (χ4n) is 9.13. The van der Waals surface area contributed by atoms with E-state index in [1.165, 1.54) is 231 Å². The minimum absolute atomic E-state index is 0.0762. The molecule has 0 aromatic heterocycles. The van der Waals surface area contributed by atoms with Crippen molar-refractivity contribution in [3.63, 3.8) is 0 Å². The summed E-state index contributed by atoms with van der Waals surface area (Å²) in [5, 5.41) is 0. The molecule has 0 aliphatic rings. The number of ether oxygens (including phenoxy) is 3. The molecule has 0 bridgehead atoms. The summed E-state index contributed by atoms with van der Waals surface area (Å²) in [5.74, 6) is -0.873. The Morgan fingerprint density at radius 3 is 0.714 bits per heavy atom. The van der Waals surface area contributed by atoms with E-state index in [2.05, 4.69) is 57.2 Å². The number of carbonyl (C=O) groups is 3. The molecule has 70 heavy (non-hydrogen) atoms. The van der Waals surface area contributed by atoms with Crippen LogP contribution in [0.25, 0.3) is 0 Å². The van der Waals surface area contributed by atoms with Crippen LogP contribution >= 0.6 is 0 Å². The molecule has 0 aromatic rings. The van der Waals surface area contributed by atoms with Gasteiger partial charge in [-0.2, -0.15) is 0 Å². The Hall–Kier alpha value is -2.37. The summed E-state index contributed by atoms with van der Waals surface area (Å²) < 4.78 is 16.9. The van der Waals surface area contributed by atoms with Gasteiger partial charge in [0.15, 0.2) is 6.10 Å². The molecule has 410 valence electrons. The highest BCUT2D eigenvalue weighted by molar-refractivity contribution is 5.71. The van der Waals surface area contributed by atoms with E-state index >= 15 is 0 Å². The van der Waals surface area contributed by atoms with Gasteiger partial charge in [0, 0.05) is 19.3 Å². The van der Waals surface area contributed by atoms with Gasteiger partial charge in [-0.15, -0.1) is 0 Å². The van der Waals surface area contributed by atoms with Crippen LogP contribution in [0.1, 0.15) is 335 Å². The van der Waals surface area contributed by atoms with Crippen LogP contribution in [0.2, 0.25) is 0 Å². The monoisotopic (exact) mass is 983 g/mol. The van der Waals surface area contributed by atoms with Crippen molar-refractivity contribution >= 4 is 17.9 Å². The quantitative estimate of drug-likeness (QED) is 0.0261. The van der Waals surface area contributed by atoms with Gasteiger partial charge >= 0.3 is 17.9 Å². The van der Waals surface area contributed by atoms with Gasteiger partial charge in [-0.25, -0.2) is 0 Å². The topological polar surface area (TPSA) is 78.9 Å². The maximum absolute atomic E-state index is 12.9. The highest BCUT2D eigenvalue weighted by atomic mass is 16.6. The lowest BCUT2D eigenvalue weighted by Gasteiger charge is -2.18. The molecular weight excluding hydrogens is 865 g/mol. The van der Waals surface area contributed by atoms with E-state index in [1.807, 2.05) is 0 Å². The lowest BCUT2D eigenvalue weighted by Crippen LogP contribution is -2.30.